The predicted molar refractivity (Wildman–Crippen MR) is 115 cm³/mol. The zero-order valence-electron chi connectivity index (χ0n) is 18.5. The van der Waals surface area contributed by atoms with Crippen LogP contribution in [-0.4, -0.2) is 78.3 Å². The van der Waals surface area contributed by atoms with Crippen LogP contribution < -0.4 is 5.56 Å². The minimum Gasteiger partial charge on any atom is -0.466 e. The molecule has 2 saturated heterocycles. The van der Waals surface area contributed by atoms with Crippen molar-refractivity contribution in [2.24, 2.45) is 18.4 Å². The summed E-state index contributed by atoms with van der Waals surface area (Å²) in [5, 5.41) is 0. The Kier molecular flexibility index (Phi) is 6.48. The first-order chi connectivity index (χ1) is 15.0. The number of hydrogen-bond donors (Lipinski definition) is 0. The molecule has 31 heavy (non-hydrogen) atoms. The van der Waals surface area contributed by atoms with Crippen LogP contribution in [0.1, 0.15) is 43.0 Å². The Hall–Kier alpha value is -2.19. The van der Waals surface area contributed by atoms with Crippen LogP contribution in [0, 0.1) is 11.3 Å². The number of hydrogen-bond acceptors (Lipinski definition) is 6. The van der Waals surface area contributed by atoms with Gasteiger partial charge < -0.3 is 18.9 Å². The van der Waals surface area contributed by atoms with E-state index < -0.39 is 5.41 Å². The second-order valence-electron chi connectivity index (χ2n) is 9.00. The minimum atomic E-state index is -0.688. The molecule has 2 aliphatic heterocycles. The zero-order chi connectivity index (χ0) is 22.0. The highest BCUT2D eigenvalue weighted by Crippen LogP contribution is 2.48. The average Bonchev–Trinajstić information content (AvgIpc) is 2.80. The highest BCUT2D eigenvalue weighted by atomic mass is 16.5. The third-order valence-corrected chi connectivity index (χ3v) is 7.37. The highest BCUT2D eigenvalue weighted by molar-refractivity contribution is 5.94. The lowest BCUT2D eigenvalue weighted by atomic mass is 9.61. The van der Waals surface area contributed by atoms with Gasteiger partial charge in [-0.3, -0.25) is 19.3 Å². The van der Waals surface area contributed by atoms with Gasteiger partial charge in [0.25, 0.3) is 11.5 Å². The minimum absolute atomic E-state index is 0.157. The summed E-state index contributed by atoms with van der Waals surface area (Å²) in [6.45, 7) is 6.42. The van der Waals surface area contributed by atoms with Crippen LogP contribution in [0.4, 0.5) is 0 Å². The van der Waals surface area contributed by atoms with Gasteiger partial charge in [-0.05, 0) is 50.7 Å². The number of fused-ring (bicyclic) bond motifs is 1. The van der Waals surface area contributed by atoms with E-state index in [1.165, 1.54) is 4.57 Å². The summed E-state index contributed by atoms with van der Waals surface area (Å²) < 4.78 is 12.4. The number of rotatable bonds is 4. The molecule has 1 aliphatic carbocycles. The fourth-order valence-corrected chi connectivity index (χ4v) is 5.62. The van der Waals surface area contributed by atoms with E-state index in [1.807, 2.05) is 6.92 Å². The number of ether oxygens (including phenoxy) is 2. The van der Waals surface area contributed by atoms with Crippen LogP contribution in [0.5, 0.6) is 0 Å². The molecule has 0 bridgehead atoms. The second-order valence-corrected chi connectivity index (χ2v) is 9.00. The van der Waals surface area contributed by atoms with Gasteiger partial charge in [-0.25, -0.2) is 0 Å². The summed E-state index contributed by atoms with van der Waals surface area (Å²) in [7, 11) is 1.64. The summed E-state index contributed by atoms with van der Waals surface area (Å²) in [5.74, 6) is -0.312. The Labute approximate surface area is 183 Å². The Bertz CT molecular complexity index is 878. The summed E-state index contributed by atoms with van der Waals surface area (Å²) >= 11 is 0. The molecule has 8 nitrogen and oxygen atoms in total. The Morgan fingerprint density at radius 1 is 1.23 bits per heavy atom. The molecule has 4 rings (SSSR count). The van der Waals surface area contributed by atoms with Crippen LogP contribution in [0.3, 0.4) is 0 Å². The van der Waals surface area contributed by atoms with E-state index in [0.29, 0.717) is 32.2 Å². The van der Waals surface area contributed by atoms with E-state index in [9.17, 15) is 14.4 Å². The molecule has 3 heterocycles. The number of carbonyl (C=O) groups is 2. The molecular formula is C23H33N3O5. The van der Waals surface area contributed by atoms with Crippen molar-refractivity contribution < 1.29 is 19.1 Å². The van der Waals surface area contributed by atoms with Gasteiger partial charge >= 0.3 is 5.97 Å². The number of likely N-dealkylation sites (tertiary alicyclic amines) is 1. The fraction of sp³-hybridized carbons (Fsp3) is 0.696. The average molecular weight is 432 g/mol. The molecule has 0 aromatic carbocycles. The number of nitrogens with zero attached hydrogens (tertiary/aromatic N) is 3. The summed E-state index contributed by atoms with van der Waals surface area (Å²) in [6, 6.07) is 3.72. The van der Waals surface area contributed by atoms with Gasteiger partial charge in [-0.2, -0.15) is 0 Å². The van der Waals surface area contributed by atoms with Crippen LogP contribution in [0.25, 0.3) is 0 Å². The highest BCUT2D eigenvalue weighted by Gasteiger charge is 2.54. The van der Waals surface area contributed by atoms with Crippen molar-refractivity contribution in [1.29, 1.82) is 0 Å². The SMILES string of the molecule is CCOC(=O)[C@@]12CC[C@@H](N3CCOCC3)C[C@H]1CCN(C(=O)c1cccn(C)c1=O)C2. The smallest absolute Gasteiger partial charge is 0.314 e. The van der Waals surface area contributed by atoms with Crippen LogP contribution in [-0.2, 0) is 21.3 Å². The van der Waals surface area contributed by atoms with Crippen LogP contribution >= 0.6 is 0 Å². The summed E-state index contributed by atoms with van der Waals surface area (Å²) in [4.78, 5) is 43.1. The van der Waals surface area contributed by atoms with Crippen molar-refractivity contribution in [3.63, 3.8) is 0 Å². The van der Waals surface area contributed by atoms with E-state index >= 15 is 0 Å². The lowest BCUT2D eigenvalue weighted by Gasteiger charge is -2.52. The molecular weight excluding hydrogens is 398 g/mol. The standard InChI is InChI=1S/C23H33N3O5/c1-3-31-22(29)23-8-6-18(25-11-13-30-14-12-25)15-17(23)7-10-26(16-23)21(28)19-5-4-9-24(2)20(19)27/h4-5,9,17-18H,3,6-8,10-16H2,1-2H3/t17-,18-,23-/m1/s1. The number of amides is 1. The van der Waals surface area contributed by atoms with Crippen molar-refractivity contribution in [2.45, 2.75) is 38.6 Å². The van der Waals surface area contributed by atoms with E-state index in [2.05, 4.69) is 4.90 Å². The monoisotopic (exact) mass is 431 g/mol. The van der Waals surface area contributed by atoms with Gasteiger partial charge in [-0.1, -0.05) is 0 Å². The summed E-state index contributed by atoms with van der Waals surface area (Å²) in [6.07, 6.45) is 4.93. The first-order valence-electron chi connectivity index (χ1n) is 11.4. The molecule has 1 amide bonds. The van der Waals surface area contributed by atoms with Gasteiger partial charge in [0.2, 0.25) is 0 Å². The molecule has 3 atom stereocenters. The Morgan fingerprint density at radius 2 is 2.00 bits per heavy atom. The third-order valence-electron chi connectivity index (χ3n) is 7.37. The number of aromatic nitrogens is 1. The van der Waals surface area contributed by atoms with Gasteiger partial charge in [0.15, 0.2) is 0 Å². The molecule has 170 valence electrons. The largest absolute Gasteiger partial charge is 0.466 e. The molecule has 0 N–H and O–H groups in total. The topological polar surface area (TPSA) is 81.1 Å². The molecule has 0 radical (unpaired) electrons. The number of pyridine rings is 1. The van der Waals surface area contributed by atoms with E-state index in [4.69, 9.17) is 9.47 Å². The van der Waals surface area contributed by atoms with Crippen molar-refractivity contribution in [3.8, 4) is 0 Å². The molecule has 0 unspecified atom stereocenters. The van der Waals surface area contributed by atoms with Crippen molar-refractivity contribution in [2.75, 3.05) is 46.0 Å². The molecule has 3 fully saturated rings. The van der Waals surface area contributed by atoms with Gasteiger partial charge in [0, 0.05) is 45.5 Å². The Balaban J connectivity index is 1.56. The first kappa shape index (κ1) is 22.0. The maximum atomic E-state index is 13.2. The van der Waals surface area contributed by atoms with Gasteiger partial charge in [0.1, 0.15) is 5.56 Å². The van der Waals surface area contributed by atoms with E-state index in [-0.39, 0.29) is 28.9 Å². The molecule has 1 saturated carbocycles. The molecule has 3 aliphatic rings. The summed E-state index contributed by atoms with van der Waals surface area (Å²) in [5.41, 5.74) is -0.840. The normalized spacial score (nSPS) is 29.3. The quantitative estimate of drug-likeness (QED) is 0.668. The number of aryl methyl sites for hydroxylation is 1. The number of piperidine rings is 1. The maximum Gasteiger partial charge on any atom is 0.314 e. The van der Waals surface area contributed by atoms with Gasteiger partial charge in [0.05, 0.1) is 25.2 Å². The second kappa shape index (κ2) is 9.12. The fourth-order valence-electron chi connectivity index (χ4n) is 5.62. The zero-order valence-corrected chi connectivity index (χ0v) is 18.5. The number of carbonyl (C=O) groups excluding carboxylic acids is 2. The number of morpholine rings is 1. The van der Waals surface area contributed by atoms with Crippen LogP contribution in [0.2, 0.25) is 0 Å². The van der Waals surface area contributed by atoms with Crippen molar-refractivity contribution in [1.82, 2.24) is 14.4 Å². The lowest BCUT2D eigenvalue weighted by Crippen LogP contribution is -2.60. The van der Waals surface area contributed by atoms with Gasteiger partial charge in [-0.15, -0.1) is 0 Å². The van der Waals surface area contributed by atoms with Crippen molar-refractivity contribution >= 4 is 11.9 Å². The number of esters is 1. The third kappa shape index (κ3) is 4.15. The van der Waals surface area contributed by atoms with Crippen molar-refractivity contribution in [3.05, 3.63) is 34.2 Å². The molecule has 0 spiro atoms. The molecule has 1 aromatic rings. The van der Waals surface area contributed by atoms with E-state index in [1.54, 1.807) is 30.3 Å². The predicted octanol–water partition coefficient (Wildman–Crippen LogP) is 1.28. The molecule has 8 heteroatoms. The van der Waals surface area contributed by atoms with E-state index in [0.717, 1.165) is 45.6 Å². The lowest BCUT2D eigenvalue weighted by molar-refractivity contribution is -0.168. The van der Waals surface area contributed by atoms with Crippen LogP contribution in [0.15, 0.2) is 23.1 Å². The maximum absolute atomic E-state index is 13.2. The first-order valence-corrected chi connectivity index (χ1v) is 11.4. The molecule has 1 aromatic heterocycles. The Morgan fingerprint density at radius 3 is 2.74 bits per heavy atom.